The van der Waals surface area contributed by atoms with Gasteiger partial charge in [0, 0.05) is 36.1 Å². The molecule has 4 nitrogen and oxygen atoms in total. The molecule has 1 aliphatic heterocycles. The van der Waals surface area contributed by atoms with E-state index in [9.17, 15) is 4.79 Å². The van der Waals surface area contributed by atoms with Gasteiger partial charge in [-0.05, 0) is 43.0 Å². The molecule has 0 bridgehead atoms. The van der Waals surface area contributed by atoms with Gasteiger partial charge in [-0.2, -0.15) is 0 Å². The quantitative estimate of drug-likeness (QED) is 0.476. The molecule has 1 N–H and O–H groups in total. The number of hydrogen-bond donors (Lipinski definition) is 1. The summed E-state index contributed by atoms with van der Waals surface area (Å²) >= 11 is 3.33. The van der Waals surface area contributed by atoms with Crippen LogP contribution in [0.4, 0.5) is 0 Å². The Morgan fingerprint density at radius 1 is 1.03 bits per heavy atom. The highest BCUT2D eigenvalue weighted by atomic mass is 32.1. The first kappa shape index (κ1) is 21.8. The van der Waals surface area contributed by atoms with Crippen LogP contribution in [0.15, 0.2) is 47.8 Å². The van der Waals surface area contributed by atoms with E-state index in [1.54, 1.807) is 22.7 Å². The molecule has 32 heavy (non-hydrogen) atoms. The standard InChI is InChI=1S/C26H31N3OS2/c30-24(27-21-12-14-29(15-13-21)18-19-7-4-5-8-19)17-23-25(22-11-6-16-31-22)28-26(32-23)20-9-2-1-3-10-20/h1-3,6,9-11,16,19,21H,4-5,7-8,12-15,17-18H2,(H,27,30). The number of carbonyl (C=O) groups excluding carboxylic acids is 1. The maximum absolute atomic E-state index is 13.0. The van der Waals surface area contributed by atoms with E-state index in [-0.39, 0.29) is 5.91 Å². The van der Waals surface area contributed by atoms with Gasteiger partial charge < -0.3 is 10.2 Å². The van der Waals surface area contributed by atoms with Crippen molar-refractivity contribution in [1.29, 1.82) is 0 Å². The van der Waals surface area contributed by atoms with Gasteiger partial charge in [0.05, 0.1) is 17.0 Å². The Hall–Kier alpha value is -2.02. The Kier molecular flexibility index (Phi) is 7.00. The Morgan fingerprint density at radius 3 is 2.53 bits per heavy atom. The van der Waals surface area contributed by atoms with Gasteiger partial charge in [0.15, 0.2) is 0 Å². The zero-order valence-corrected chi connectivity index (χ0v) is 20.1. The van der Waals surface area contributed by atoms with Crippen LogP contribution < -0.4 is 5.32 Å². The van der Waals surface area contributed by atoms with E-state index in [1.807, 2.05) is 24.3 Å². The van der Waals surface area contributed by atoms with Crippen molar-refractivity contribution in [2.24, 2.45) is 5.92 Å². The summed E-state index contributed by atoms with van der Waals surface area (Å²) in [7, 11) is 0. The van der Waals surface area contributed by atoms with Crippen LogP contribution in [0.5, 0.6) is 0 Å². The van der Waals surface area contributed by atoms with Crippen molar-refractivity contribution in [2.75, 3.05) is 19.6 Å². The highest BCUT2D eigenvalue weighted by molar-refractivity contribution is 7.17. The summed E-state index contributed by atoms with van der Waals surface area (Å²) in [4.78, 5) is 22.7. The van der Waals surface area contributed by atoms with Crippen molar-refractivity contribution in [2.45, 2.75) is 51.0 Å². The van der Waals surface area contributed by atoms with Crippen molar-refractivity contribution < 1.29 is 4.79 Å². The molecular formula is C26H31N3OS2. The number of rotatable bonds is 7. The molecule has 0 atom stereocenters. The number of thiophene rings is 1. The smallest absolute Gasteiger partial charge is 0.225 e. The first-order valence-electron chi connectivity index (χ1n) is 11.9. The second-order valence-corrected chi connectivity index (χ2v) is 11.1. The number of nitrogens with one attached hydrogen (secondary N) is 1. The molecule has 1 aromatic carbocycles. The minimum Gasteiger partial charge on any atom is -0.353 e. The van der Waals surface area contributed by atoms with E-state index >= 15 is 0 Å². The molecule has 1 saturated carbocycles. The van der Waals surface area contributed by atoms with Gasteiger partial charge in [-0.15, -0.1) is 22.7 Å². The molecule has 2 fully saturated rings. The predicted octanol–water partition coefficient (Wildman–Crippen LogP) is 5.85. The van der Waals surface area contributed by atoms with Crippen LogP contribution in [0.2, 0.25) is 0 Å². The number of nitrogens with zero attached hydrogens (tertiary/aromatic N) is 2. The summed E-state index contributed by atoms with van der Waals surface area (Å²) in [5.41, 5.74) is 2.07. The first-order chi connectivity index (χ1) is 15.7. The summed E-state index contributed by atoms with van der Waals surface area (Å²) in [6.45, 7) is 3.48. The maximum Gasteiger partial charge on any atom is 0.225 e. The van der Waals surface area contributed by atoms with Crippen LogP contribution in [0, 0.1) is 5.92 Å². The fraction of sp³-hybridized carbons (Fsp3) is 0.462. The minimum atomic E-state index is 0.125. The van der Waals surface area contributed by atoms with E-state index in [0.29, 0.717) is 12.5 Å². The number of aromatic nitrogens is 1. The molecular weight excluding hydrogens is 434 g/mol. The van der Waals surface area contributed by atoms with Crippen LogP contribution >= 0.6 is 22.7 Å². The van der Waals surface area contributed by atoms with Crippen molar-refractivity contribution in [3.05, 3.63) is 52.7 Å². The Morgan fingerprint density at radius 2 is 1.81 bits per heavy atom. The highest BCUT2D eigenvalue weighted by Crippen LogP contribution is 2.36. The molecule has 3 heterocycles. The van der Waals surface area contributed by atoms with Crippen molar-refractivity contribution in [3.8, 4) is 21.1 Å². The molecule has 2 aromatic heterocycles. The molecule has 1 aliphatic carbocycles. The minimum absolute atomic E-state index is 0.125. The van der Waals surface area contributed by atoms with Crippen LogP contribution in [0.3, 0.4) is 0 Å². The van der Waals surface area contributed by atoms with E-state index < -0.39 is 0 Å². The molecule has 1 saturated heterocycles. The molecule has 1 amide bonds. The van der Waals surface area contributed by atoms with Gasteiger partial charge in [0.1, 0.15) is 5.01 Å². The average Bonchev–Trinajstić information content (AvgIpc) is 3.58. The lowest BCUT2D eigenvalue weighted by Crippen LogP contribution is -2.46. The van der Waals surface area contributed by atoms with Crippen molar-refractivity contribution >= 4 is 28.6 Å². The lowest BCUT2D eigenvalue weighted by Gasteiger charge is -2.33. The number of hydrogen-bond acceptors (Lipinski definition) is 5. The number of carbonyl (C=O) groups is 1. The Balaban J connectivity index is 1.21. The molecule has 0 radical (unpaired) electrons. The third-order valence-corrected chi connectivity index (χ3v) is 8.72. The SMILES string of the molecule is O=C(Cc1sc(-c2ccccc2)nc1-c1cccs1)NC1CCN(CC2CCCC2)CC1. The summed E-state index contributed by atoms with van der Waals surface area (Å²) < 4.78 is 0. The number of piperidine rings is 1. The lowest BCUT2D eigenvalue weighted by atomic mass is 10.0. The number of likely N-dealkylation sites (tertiary alicyclic amines) is 1. The van der Waals surface area contributed by atoms with E-state index in [2.05, 4.69) is 33.8 Å². The summed E-state index contributed by atoms with van der Waals surface area (Å²) in [6, 6.07) is 14.7. The Bertz CT molecular complexity index is 1000. The second kappa shape index (κ2) is 10.3. The van der Waals surface area contributed by atoms with Crippen LogP contribution in [-0.2, 0) is 11.2 Å². The molecule has 0 spiro atoms. The highest BCUT2D eigenvalue weighted by Gasteiger charge is 2.25. The van der Waals surface area contributed by atoms with Crippen molar-refractivity contribution in [3.63, 3.8) is 0 Å². The molecule has 5 rings (SSSR count). The van der Waals surface area contributed by atoms with Gasteiger partial charge >= 0.3 is 0 Å². The topological polar surface area (TPSA) is 45.2 Å². The van der Waals surface area contributed by atoms with Crippen LogP contribution in [0.1, 0.15) is 43.4 Å². The Labute approximate surface area is 198 Å². The first-order valence-corrected chi connectivity index (χ1v) is 13.5. The second-order valence-electron chi connectivity index (χ2n) is 9.10. The fourth-order valence-corrected chi connectivity index (χ4v) is 6.91. The molecule has 0 unspecified atom stereocenters. The largest absolute Gasteiger partial charge is 0.353 e. The van der Waals surface area contributed by atoms with Gasteiger partial charge in [-0.3, -0.25) is 4.79 Å². The third-order valence-electron chi connectivity index (χ3n) is 6.74. The van der Waals surface area contributed by atoms with Gasteiger partial charge in [0.2, 0.25) is 5.91 Å². The maximum atomic E-state index is 13.0. The monoisotopic (exact) mass is 465 g/mol. The normalized spacial score (nSPS) is 18.2. The molecule has 6 heteroatoms. The molecule has 3 aromatic rings. The molecule has 168 valence electrons. The van der Waals surface area contributed by atoms with Crippen LogP contribution in [-0.4, -0.2) is 41.5 Å². The summed E-state index contributed by atoms with van der Waals surface area (Å²) in [6.07, 6.45) is 8.16. The molecule has 2 aliphatic rings. The van der Waals surface area contributed by atoms with Gasteiger partial charge in [0.25, 0.3) is 0 Å². The fourth-order valence-electron chi connectivity index (χ4n) is 5.02. The number of thiazole rings is 1. The predicted molar refractivity (Wildman–Crippen MR) is 134 cm³/mol. The van der Waals surface area contributed by atoms with Crippen LogP contribution in [0.25, 0.3) is 21.1 Å². The third kappa shape index (κ3) is 5.30. The van der Waals surface area contributed by atoms with E-state index in [4.69, 9.17) is 4.98 Å². The zero-order valence-electron chi connectivity index (χ0n) is 18.5. The van der Waals surface area contributed by atoms with E-state index in [0.717, 1.165) is 57.9 Å². The van der Waals surface area contributed by atoms with Gasteiger partial charge in [-0.25, -0.2) is 4.98 Å². The summed E-state index contributed by atoms with van der Waals surface area (Å²) in [5, 5.41) is 6.37. The summed E-state index contributed by atoms with van der Waals surface area (Å²) in [5.74, 6) is 1.03. The lowest BCUT2D eigenvalue weighted by molar-refractivity contribution is -0.121. The van der Waals surface area contributed by atoms with Crippen molar-refractivity contribution in [1.82, 2.24) is 15.2 Å². The van der Waals surface area contributed by atoms with Gasteiger partial charge in [-0.1, -0.05) is 49.2 Å². The zero-order chi connectivity index (χ0) is 21.8. The van der Waals surface area contributed by atoms with E-state index in [1.165, 1.54) is 32.2 Å². The number of amides is 1. The average molecular weight is 466 g/mol. The number of benzene rings is 1.